The highest BCUT2D eigenvalue weighted by atomic mass is 16.6. The van der Waals surface area contributed by atoms with Gasteiger partial charge in [0.1, 0.15) is 0 Å². The number of rotatable bonds is 4. The van der Waals surface area contributed by atoms with Crippen molar-refractivity contribution in [2.45, 2.75) is 6.92 Å². The quantitative estimate of drug-likeness (QED) is 0.868. The molecule has 0 unspecified atom stereocenters. The third-order valence-electron chi connectivity index (χ3n) is 2.04. The standard InChI is InChI=1S/C11H10N2O4/c1-2-16-11-12-9(13-17-11)7-4-3-5-8(6-7)10(14)15/h3-6H,2H2,1H3,(H,14,15). The van der Waals surface area contributed by atoms with Crippen molar-refractivity contribution in [1.29, 1.82) is 0 Å². The summed E-state index contributed by atoms with van der Waals surface area (Å²) in [5, 5.41) is 12.6. The van der Waals surface area contributed by atoms with Crippen LogP contribution in [0.15, 0.2) is 28.8 Å². The maximum atomic E-state index is 10.8. The lowest BCUT2D eigenvalue weighted by molar-refractivity contribution is 0.0697. The first-order chi connectivity index (χ1) is 8.20. The molecule has 1 N–H and O–H groups in total. The van der Waals surface area contributed by atoms with E-state index in [1.165, 1.54) is 12.1 Å². The highest BCUT2D eigenvalue weighted by Crippen LogP contribution is 2.19. The van der Waals surface area contributed by atoms with Crippen LogP contribution < -0.4 is 4.74 Å². The van der Waals surface area contributed by atoms with Gasteiger partial charge in [-0.25, -0.2) is 4.79 Å². The van der Waals surface area contributed by atoms with E-state index in [1.54, 1.807) is 19.1 Å². The maximum absolute atomic E-state index is 10.8. The fraction of sp³-hybridized carbons (Fsp3) is 0.182. The summed E-state index contributed by atoms with van der Waals surface area (Å²) in [6, 6.07) is 6.29. The summed E-state index contributed by atoms with van der Waals surface area (Å²) in [6.45, 7) is 2.23. The number of hydrogen-bond acceptors (Lipinski definition) is 5. The van der Waals surface area contributed by atoms with Crippen molar-refractivity contribution < 1.29 is 19.2 Å². The molecule has 0 spiro atoms. The molecule has 0 saturated heterocycles. The van der Waals surface area contributed by atoms with E-state index in [0.717, 1.165) is 0 Å². The lowest BCUT2D eigenvalue weighted by Gasteiger charge is -1.96. The number of carboxylic acid groups (broad SMARTS) is 1. The largest absolute Gasteiger partial charge is 0.478 e. The Kier molecular flexibility index (Phi) is 3.04. The number of aromatic carboxylic acids is 1. The summed E-state index contributed by atoms with van der Waals surface area (Å²) in [4.78, 5) is 14.8. The van der Waals surface area contributed by atoms with Crippen molar-refractivity contribution in [2.75, 3.05) is 6.61 Å². The first-order valence-electron chi connectivity index (χ1n) is 5.01. The fourth-order valence-electron chi connectivity index (χ4n) is 1.30. The SMILES string of the molecule is CCOc1nc(-c2cccc(C(=O)O)c2)no1. The number of hydrogen-bond donors (Lipinski definition) is 1. The molecule has 1 aromatic heterocycles. The van der Waals surface area contributed by atoms with Gasteiger partial charge >= 0.3 is 12.0 Å². The predicted octanol–water partition coefficient (Wildman–Crippen LogP) is 1.83. The number of ether oxygens (including phenoxy) is 1. The molecule has 0 aliphatic heterocycles. The second-order valence-electron chi connectivity index (χ2n) is 3.20. The molecule has 0 amide bonds. The van der Waals surface area contributed by atoms with Crippen LogP contribution in [-0.2, 0) is 0 Å². The van der Waals surface area contributed by atoms with Gasteiger partial charge in [-0.1, -0.05) is 17.3 Å². The number of aromatic nitrogens is 2. The summed E-state index contributed by atoms with van der Waals surface area (Å²) in [5.41, 5.74) is 0.741. The first-order valence-corrected chi connectivity index (χ1v) is 5.01. The summed E-state index contributed by atoms with van der Waals surface area (Å²) < 4.78 is 9.86. The molecule has 2 rings (SSSR count). The Bertz CT molecular complexity index is 536. The Morgan fingerprint density at radius 2 is 2.35 bits per heavy atom. The van der Waals surface area contributed by atoms with Crippen molar-refractivity contribution >= 4 is 5.97 Å². The van der Waals surface area contributed by atoms with Crippen LogP contribution in [-0.4, -0.2) is 27.8 Å². The molecule has 0 saturated carbocycles. The van der Waals surface area contributed by atoms with Crippen molar-refractivity contribution in [3.63, 3.8) is 0 Å². The van der Waals surface area contributed by atoms with E-state index in [-0.39, 0.29) is 11.6 Å². The van der Waals surface area contributed by atoms with E-state index in [1.807, 2.05) is 0 Å². The van der Waals surface area contributed by atoms with Crippen LogP contribution in [0.2, 0.25) is 0 Å². The summed E-state index contributed by atoms with van der Waals surface area (Å²) in [7, 11) is 0. The minimum absolute atomic E-state index is 0.0724. The minimum atomic E-state index is -1.000. The van der Waals surface area contributed by atoms with Gasteiger partial charge in [-0.05, 0) is 19.1 Å². The van der Waals surface area contributed by atoms with Crippen LogP contribution in [0.25, 0.3) is 11.4 Å². The van der Waals surface area contributed by atoms with E-state index in [9.17, 15) is 4.79 Å². The van der Waals surface area contributed by atoms with E-state index >= 15 is 0 Å². The zero-order valence-corrected chi connectivity index (χ0v) is 9.08. The molecule has 0 aliphatic rings. The molecular weight excluding hydrogens is 224 g/mol. The number of nitrogens with zero attached hydrogens (tertiary/aromatic N) is 2. The molecule has 1 heterocycles. The molecule has 0 atom stereocenters. The second kappa shape index (κ2) is 4.65. The molecule has 17 heavy (non-hydrogen) atoms. The van der Waals surface area contributed by atoms with Crippen molar-refractivity contribution in [3.05, 3.63) is 29.8 Å². The van der Waals surface area contributed by atoms with Gasteiger partial charge in [0.25, 0.3) is 0 Å². The van der Waals surface area contributed by atoms with Crippen LogP contribution in [0.1, 0.15) is 17.3 Å². The van der Waals surface area contributed by atoms with Gasteiger partial charge in [-0.15, -0.1) is 0 Å². The van der Waals surface area contributed by atoms with Crippen LogP contribution >= 0.6 is 0 Å². The van der Waals surface area contributed by atoms with Gasteiger partial charge in [-0.2, -0.15) is 4.98 Å². The molecule has 0 radical (unpaired) electrons. The van der Waals surface area contributed by atoms with Crippen molar-refractivity contribution in [2.24, 2.45) is 0 Å². The van der Waals surface area contributed by atoms with E-state index in [4.69, 9.17) is 14.4 Å². The normalized spacial score (nSPS) is 10.2. The Balaban J connectivity index is 2.32. The van der Waals surface area contributed by atoms with Gasteiger partial charge < -0.3 is 9.84 Å². The van der Waals surface area contributed by atoms with Crippen molar-refractivity contribution in [3.8, 4) is 17.5 Å². The average Bonchev–Trinajstić information content (AvgIpc) is 2.78. The molecule has 2 aromatic rings. The Hall–Kier alpha value is -2.37. The topological polar surface area (TPSA) is 85.5 Å². The Labute approximate surface area is 96.8 Å². The Morgan fingerprint density at radius 1 is 1.53 bits per heavy atom. The second-order valence-corrected chi connectivity index (χ2v) is 3.20. The lowest BCUT2D eigenvalue weighted by Crippen LogP contribution is -1.96. The van der Waals surface area contributed by atoms with Gasteiger partial charge in [0.2, 0.25) is 5.82 Å². The summed E-state index contributed by atoms with van der Waals surface area (Å²) >= 11 is 0. The molecule has 88 valence electrons. The first kappa shape index (κ1) is 11.1. The molecular formula is C11H10N2O4. The van der Waals surface area contributed by atoms with Gasteiger partial charge in [0, 0.05) is 5.56 Å². The average molecular weight is 234 g/mol. The third-order valence-corrected chi connectivity index (χ3v) is 2.04. The van der Waals surface area contributed by atoms with E-state index in [2.05, 4.69) is 10.1 Å². The van der Waals surface area contributed by atoms with Crippen LogP contribution in [0.4, 0.5) is 0 Å². The van der Waals surface area contributed by atoms with E-state index in [0.29, 0.717) is 18.0 Å². The van der Waals surface area contributed by atoms with Gasteiger partial charge in [0.05, 0.1) is 12.2 Å². The van der Waals surface area contributed by atoms with Crippen LogP contribution in [0.5, 0.6) is 6.08 Å². The highest BCUT2D eigenvalue weighted by molar-refractivity contribution is 5.89. The van der Waals surface area contributed by atoms with Crippen LogP contribution in [0.3, 0.4) is 0 Å². The van der Waals surface area contributed by atoms with Gasteiger partial charge in [-0.3, -0.25) is 4.52 Å². The van der Waals surface area contributed by atoms with Crippen LogP contribution in [0, 0.1) is 0 Å². The monoisotopic (exact) mass is 234 g/mol. The highest BCUT2D eigenvalue weighted by Gasteiger charge is 2.11. The smallest absolute Gasteiger partial charge is 0.417 e. The van der Waals surface area contributed by atoms with Gasteiger partial charge in [0.15, 0.2) is 0 Å². The minimum Gasteiger partial charge on any atom is -0.478 e. The van der Waals surface area contributed by atoms with E-state index < -0.39 is 5.97 Å². The predicted molar refractivity (Wildman–Crippen MR) is 57.9 cm³/mol. The summed E-state index contributed by atoms with van der Waals surface area (Å²) in [6.07, 6.45) is 0.0724. The molecule has 6 nitrogen and oxygen atoms in total. The summed E-state index contributed by atoms with van der Waals surface area (Å²) in [5.74, 6) is -0.697. The third kappa shape index (κ3) is 2.41. The number of benzene rings is 1. The van der Waals surface area contributed by atoms with Crippen molar-refractivity contribution in [1.82, 2.24) is 10.1 Å². The lowest BCUT2D eigenvalue weighted by atomic mass is 10.1. The molecule has 0 aliphatic carbocycles. The zero-order valence-electron chi connectivity index (χ0n) is 9.08. The number of carbonyl (C=O) groups is 1. The maximum Gasteiger partial charge on any atom is 0.417 e. The number of carboxylic acids is 1. The zero-order chi connectivity index (χ0) is 12.3. The fourth-order valence-corrected chi connectivity index (χ4v) is 1.30. The molecule has 6 heteroatoms. The molecule has 0 bridgehead atoms. The molecule has 0 fully saturated rings. The Morgan fingerprint density at radius 3 is 3.06 bits per heavy atom. The molecule has 1 aromatic carbocycles.